The largest absolute Gasteiger partial charge is 0.496 e. The van der Waals surface area contributed by atoms with Crippen LogP contribution in [0.4, 0.5) is 5.82 Å². The lowest BCUT2D eigenvalue weighted by Crippen LogP contribution is -2.28. The van der Waals surface area contributed by atoms with Crippen LogP contribution in [-0.2, 0) is 14.6 Å². The first kappa shape index (κ1) is 22.6. The third-order valence-electron chi connectivity index (χ3n) is 6.01. The van der Waals surface area contributed by atoms with Crippen molar-refractivity contribution in [3.8, 4) is 0 Å². The number of allylic oxidation sites excluding steroid dienone is 2. The van der Waals surface area contributed by atoms with Gasteiger partial charge in [-0.2, -0.15) is 0 Å². The highest BCUT2D eigenvalue weighted by Gasteiger charge is 2.41. The molecule has 2 aromatic rings. The second kappa shape index (κ2) is 9.08. The van der Waals surface area contributed by atoms with Gasteiger partial charge in [0.05, 0.1) is 23.3 Å². The zero-order valence-corrected chi connectivity index (χ0v) is 19.9. The van der Waals surface area contributed by atoms with Crippen molar-refractivity contribution >= 4 is 21.2 Å². The van der Waals surface area contributed by atoms with Gasteiger partial charge in [0.25, 0.3) is 0 Å². The SMILES string of the molecule is CCS(=O)(=O)c1cccc(C2=CC=C(OCCCN(C)C)C3Nc4ncc(C)cc4C23)c1. The van der Waals surface area contributed by atoms with Gasteiger partial charge in [-0.1, -0.05) is 31.2 Å². The first-order chi connectivity index (χ1) is 15.3. The van der Waals surface area contributed by atoms with Gasteiger partial charge in [0.15, 0.2) is 9.84 Å². The van der Waals surface area contributed by atoms with Gasteiger partial charge >= 0.3 is 0 Å². The summed E-state index contributed by atoms with van der Waals surface area (Å²) in [6.07, 6.45) is 6.89. The van der Waals surface area contributed by atoms with Crippen molar-refractivity contribution in [1.82, 2.24) is 9.88 Å². The lowest BCUT2D eigenvalue weighted by molar-refractivity contribution is 0.181. The van der Waals surface area contributed by atoms with Crippen molar-refractivity contribution in [2.45, 2.75) is 37.1 Å². The van der Waals surface area contributed by atoms with E-state index in [1.165, 1.54) is 0 Å². The summed E-state index contributed by atoms with van der Waals surface area (Å²) in [5.41, 5.74) is 4.19. The van der Waals surface area contributed by atoms with E-state index in [9.17, 15) is 8.42 Å². The van der Waals surface area contributed by atoms with E-state index in [0.29, 0.717) is 11.5 Å². The number of ether oxygens (including phenoxy) is 1. The zero-order valence-electron chi connectivity index (χ0n) is 19.1. The van der Waals surface area contributed by atoms with Crippen LogP contribution in [0.1, 0.15) is 36.0 Å². The van der Waals surface area contributed by atoms with Crippen molar-refractivity contribution < 1.29 is 13.2 Å². The maximum absolute atomic E-state index is 12.5. The van der Waals surface area contributed by atoms with E-state index >= 15 is 0 Å². The zero-order chi connectivity index (χ0) is 22.9. The average Bonchev–Trinajstić information content (AvgIpc) is 3.15. The normalized spacial score (nSPS) is 19.7. The van der Waals surface area contributed by atoms with E-state index < -0.39 is 9.84 Å². The van der Waals surface area contributed by atoms with E-state index in [2.05, 4.69) is 41.4 Å². The fourth-order valence-corrected chi connectivity index (χ4v) is 5.27. The van der Waals surface area contributed by atoms with E-state index in [-0.39, 0.29) is 17.7 Å². The van der Waals surface area contributed by atoms with Crippen LogP contribution in [-0.4, -0.2) is 57.3 Å². The molecule has 0 amide bonds. The van der Waals surface area contributed by atoms with Crippen molar-refractivity contribution in [1.29, 1.82) is 0 Å². The molecule has 0 bridgehead atoms. The minimum Gasteiger partial charge on any atom is -0.496 e. The standard InChI is InChI=1S/C25H31N3O3S/c1-5-32(29,30)19-9-6-8-18(15-19)20-10-11-22(31-13-7-12-28(3)4)24-23(20)21-14-17(2)16-26-25(21)27-24/h6,8-11,14-16,23-24H,5,7,12-13H2,1-4H3,(H,26,27). The van der Waals surface area contributed by atoms with Gasteiger partial charge in [-0.15, -0.1) is 0 Å². The van der Waals surface area contributed by atoms with Crippen LogP contribution in [0, 0.1) is 6.92 Å². The quantitative estimate of drug-likeness (QED) is 0.609. The monoisotopic (exact) mass is 453 g/mol. The number of aromatic nitrogens is 1. The number of aryl methyl sites for hydroxylation is 1. The van der Waals surface area contributed by atoms with Crippen LogP contribution >= 0.6 is 0 Å². The second-order valence-electron chi connectivity index (χ2n) is 8.68. The molecule has 1 aliphatic carbocycles. The third kappa shape index (κ3) is 4.45. The molecule has 2 unspecified atom stereocenters. The van der Waals surface area contributed by atoms with Gasteiger partial charge in [0.1, 0.15) is 11.6 Å². The summed E-state index contributed by atoms with van der Waals surface area (Å²) in [7, 11) is 0.832. The number of nitrogens with zero attached hydrogens (tertiary/aromatic N) is 2. The van der Waals surface area contributed by atoms with E-state index in [1.54, 1.807) is 19.1 Å². The topological polar surface area (TPSA) is 71.5 Å². The van der Waals surface area contributed by atoms with E-state index in [4.69, 9.17) is 4.74 Å². The number of anilines is 1. The molecule has 0 radical (unpaired) electrons. The highest BCUT2D eigenvalue weighted by atomic mass is 32.2. The first-order valence-electron chi connectivity index (χ1n) is 11.1. The molecule has 7 heteroatoms. The van der Waals surface area contributed by atoms with Gasteiger partial charge in [-0.25, -0.2) is 13.4 Å². The van der Waals surface area contributed by atoms with Gasteiger partial charge < -0.3 is 15.0 Å². The fourth-order valence-electron chi connectivity index (χ4n) is 4.34. The molecule has 1 aromatic heterocycles. The number of pyridine rings is 1. The van der Waals surface area contributed by atoms with Crippen LogP contribution in [0.15, 0.2) is 59.3 Å². The highest BCUT2D eigenvalue weighted by molar-refractivity contribution is 7.91. The molecule has 2 atom stereocenters. The molecule has 2 heterocycles. The Labute approximate surface area is 190 Å². The molecule has 0 spiro atoms. The summed E-state index contributed by atoms with van der Waals surface area (Å²) < 4.78 is 31.1. The Morgan fingerprint density at radius 2 is 2.00 bits per heavy atom. The van der Waals surface area contributed by atoms with E-state index in [0.717, 1.165) is 46.8 Å². The Morgan fingerprint density at radius 3 is 2.75 bits per heavy atom. The summed E-state index contributed by atoms with van der Waals surface area (Å²) in [4.78, 5) is 7.12. The molecular weight excluding hydrogens is 422 g/mol. The predicted octanol–water partition coefficient (Wildman–Crippen LogP) is 4.01. The predicted molar refractivity (Wildman–Crippen MR) is 128 cm³/mol. The van der Waals surface area contributed by atoms with Gasteiger partial charge in [-0.05, 0) is 62.3 Å². The number of fused-ring (bicyclic) bond motifs is 3. The third-order valence-corrected chi connectivity index (χ3v) is 7.74. The second-order valence-corrected chi connectivity index (χ2v) is 11.0. The summed E-state index contributed by atoms with van der Waals surface area (Å²) in [5, 5.41) is 3.55. The Bertz CT molecular complexity index is 1170. The fraction of sp³-hybridized carbons (Fsp3) is 0.400. The number of rotatable bonds is 8. The molecule has 0 saturated heterocycles. The van der Waals surface area contributed by atoms with Crippen LogP contribution in [0.2, 0.25) is 0 Å². The molecule has 6 nitrogen and oxygen atoms in total. The van der Waals surface area contributed by atoms with Crippen molar-refractivity contribution in [2.75, 3.05) is 38.3 Å². The molecule has 2 aliphatic rings. The Hall–Kier alpha value is -2.64. The minimum atomic E-state index is -3.28. The van der Waals surface area contributed by atoms with Crippen molar-refractivity contribution in [2.24, 2.45) is 0 Å². The maximum atomic E-state index is 12.5. The molecule has 4 rings (SSSR count). The van der Waals surface area contributed by atoms with Crippen LogP contribution in [0.5, 0.6) is 0 Å². The maximum Gasteiger partial charge on any atom is 0.178 e. The summed E-state index contributed by atoms with van der Waals surface area (Å²) in [5.74, 6) is 1.84. The van der Waals surface area contributed by atoms with Crippen LogP contribution in [0.25, 0.3) is 5.57 Å². The molecule has 1 aromatic carbocycles. The Kier molecular flexibility index (Phi) is 6.40. The number of hydrogen-bond acceptors (Lipinski definition) is 6. The summed E-state index contributed by atoms with van der Waals surface area (Å²) in [6, 6.07) is 9.36. The molecule has 0 saturated carbocycles. The van der Waals surface area contributed by atoms with Gasteiger partial charge in [0.2, 0.25) is 0 Å². The van der Waals surface area contributed by atoms with E-state index in [1.807, 2.05) is 31.3 Å². The number of sulfone groups is 1. The summed E-state index contributed by atoms with van der Waals surface area (Å²) in [6.45, 7) is 5.32. The van der Waals surface area contributed by atoms with Gasteiger partial charge in [0, 0.05) is 24.2 Å². The van der Waals surface area contributed by atoms with Crippen molar-refractivity contribution in [3.05, 3.63) is 71.1 Å². The Balaban J connectivity index is 1.72. The van der Waals surface area contributed by atoms with Crippen LogP contribution < -0.4 is 5.32 Å². The van der Waals surface area contributed by atoms with Crippen molar-refractivity contribution in [3.63, 3.8) is 0 Å². The lowest BCUT2D eigenvalue weighted by atomic mass is 9.80. The molecule has 32 heavy (non-hydrogen) atoms. The smallest absolute Gasteiger partial charge is 0.178 e. The lowest BCUT2D eigenvalue weighted by Gasteiger charge is -2.29. The number of hydrogen-bond donors (Lipinski definition) is 1. The first-order valence-corrected chi connectivity index (χ1v) is 12.7. The Morgan fingerprint density at radius 1 is 1.19 bits per heavy atom. The minimum absolute atomic E-state index is 0.00540. The molecular formula is C25H31N3O3S. The molecule has 0 fully saturated rings. The average molecular weight is 454 g/mol. The molecule has 1 N–H and O–H groups in total. The highest BCUT2D eigenvalue weighted by Crippen LogP contribution is 2.48. The number of nitrogens with one attached hydrogen (secondary N) is 1. The van der Waals surface area contributed by atoms with Gasteiger partial charge in [-0.3, -0.25) is 0 Å². The molecule has 170 valence electrons. The summed E-state index contributed by atoms with van der Waals surface area (Å²) >= 11 is 0. The number of benzene rings is 1. The molecule has 1 aliphatic heterocycles. The van der Waals surface area contributed by atoms with Crippen LogP contribution in [0.3, 0.4) is 0 Å².